The molecule has 0 radical (unpaired) electrons. The number of nitrogen functional groups attached to an aromatic ring is 1. The number of benzene rings is 1. The molecule has 1 atom stereocenters. The van der Waals surface area contributed by atoms with E-state index in [1.165, 1.54) is 18.9 Å². The molecule has 0 aliphatic heterocycles. The predicted molar refractivity (Wildman–Crippen MR) is 81.4 cm³/mol. The fraction of sp³-hybridized carbons (Fsp3) is 0.500. The fourth-order valence-corrected chi connectivity index (χ4v) is 2.46. The van der Waals surface area contributed by atoms with Crippen LogP contribution in [-0.2, 0) is 0 Å². The monoisotopic (exact) mass is 311 g/mol. The standard InChI is InChI=1S/C14H18ClN3O3/c1-2-9(5-8-3-4-8)17-14(19)11-6-10(18(20)21)7-12(15)13(11)16/h6-9H,2-5,16H2,1H3,(H,17,19). The van der Waals surface area contributed by atoms with Crippen LogP contribution in [0, 0.1) is 16.0 Å². The normalized spacial score (nSPS) is 15.5. The quantitative estimate of drug-likeness (QED) is 0.479. The molecule has 1 saturated carbocycles. The first-order valence-corrected chi connectivity index (χ1v) is 7.34. The van der Waals surface area contributed by atoms with Crippen molar-refractivity contribution in [2.24, 2.45) is 5.92 Å². The number of carbonyl (C=O) groups excluding carboxylic acids is 1. The largest absolute Gasteiger partial charge is 0.397 e. The van der Waals surface area contributed by atoms with E-state index in [-0.39, 0.29) is 28.0 Å². The molecule has 21 heavy (non-hydrogen) atoms. The van der Waals surface area contributed by atoms with Gasteiger partial charge in [0.05, 0.1) is 21.2 Å². The van der Waals surface area contributed by atoms with E-state index in [0.29, 0.717) is 5.92 Å². The highest BCUT2D eigenvalue weighted by Crippen LogP contribution is 2.34. The van der Waals surface area contributed by atoms with Gasteiger partial charge in [-0.2, -0.15) is 0 Å². The molecule has 1 aliphatic carbocycles. The molecule has 1 aromatic carbocycles. The zero-order valence-electron chi connectivity index (χ0n) is 11.8. The highest BCUT2D eigenvalue weighted by atomic mass is 35.5. The van der Waals surface area contributed by atoms with Crippen LogP contribution in [0.3, 0.4) is 0 Å². The average Bonchev–Trinajstić information content (AvgIpc) is 3.24. The van der Waals surface area contributed by atoms with Gasteiger partial charge < -0.3 is 11.1 Å². The van der Waals surface area contributed by atoms with Crippen molar-refractivity contribution in [3.05, 3.63) is 32.8 Å². The first-order chi connectivity index (χ1) is 9.92. The number of amides is 1. The first kappa shape index (κ1) is 15.6. The number of nitro groups is 1. The van der Waals surface area contributed by atoms with Gasteiger partial charge in [-0.25, -0.2) is 0 Å². The second kappa shape index (κ2) is 6.30. The van der Waals surface area contributed by atoms with Gasteiger partial charge >= 0.3 is 0 Å². The molecule has 3 N–H and O–H groups in total. The number of nitro benzene ring substituents is 1. The summed E-state index contributed by atoms with van der Waals surface area (Å²) in [4.78, 5) is 22.5. The van der Waals surface area contributed by atoms with Gasteiger partial charge in [0.25, 0.3) is 11.6 Å². The summed E-state index contributed by atoms with van der Waals surface area (Å²) in [6.07, 6.45) is 4.16. The molecule has 1 amide bonds. The summed E-state index contributed by atoms with van der Waals surface area (Å²) in [5.74, 6) is 0.270. The Labute approximate surface area is 127 Å². The number of rotatable bonds is 6. The Kier molecular flexibility index (Phi) is 4.67. The molecule has 0 aromatic heterocycles. The summed E-state index contributed by atoms with van der Waals surface area (Å²) in [7, 11) is 0. The number of hydrogen-bond donors (Lipinski definition) is 2. The molecule has 1 fully saturated rings. The Hall–Kier alpha value is -1.82. The number of nitrogens with zero attached hydrogens (tertiary/aromatic N) is 1. The Morgan fingerprint density at radius 1 is 1.57 bits per heavy atom. The molecular formula is C14H18ClN3O3. The third-order valence-corrected chi connectivity index (χ3v) is 4.03. The van der Waals surface area contributed by atoms with E-state index in [1.54, 1.807) is 0 Å². The number of non-ortho nitro benzene ring substituents is 1. The third kappa shape index (κ3) is 3.85. The van der Waals surface area contributed by atoms with Crippen molar-refractivity contribution in [1.29, 1.82) is 0 Å². The van der Waals surface area contributed by atoms with Gasteiger partial charge in [-0.05, 0) is 18.8 Å². The van der Waals surface area contributed by atoms with Gasteiger partial charge in [0.2, 0.25) is 0 Å². The molecule has 1 unspecified atom stereocenters. The van der Waals surface area contributed by atoms with E-state index in [2.05, 4.69) is 5.32 Å². The first-order valence-electron chi connectivity index (χ1n) is 6.96. The lowest BCUT2D eigenvalue weighted by atomic mass is 10.1. The van der Waals surface area contributed by atoms with Gasteiger partial charge in [0.1, 0.15) is 0 Å². The van der Waals surface area contributed by atoms with E-state index in [9.17, 15) is 14.9 Å². The summed E-state index contributed by atoms with van der Waals surface area (Å²) in [5, 5.41) is 13.8. The van der Waals surface area contributed by atoms with Crippen LogP contribution in [-0.4, -0.2) is 16.9 Å². The SMILES string of the molecule is CCC(CC1CC1)NC(=O)c1cc([N+](=O)[O-])cc(Cl)c1N. The van der Waals surface area contributed by atoms with Crippen molar-refractivity contribution in [2.75, 3.05) is 5.73 Å². The van der Waals surface area contributed by atoms with Crippen molar-refractivity contribution in [3.63, 3.8) is 0 Å². The molecule has 7 heteroatoms. The second-order valence-electron chi connectivity index (χ2n) is 5.40. The lowest BCUT2D eigenvalue weighted by molar-refractivity contribution is -0.384. The summed E-state index contributed by atoms with van der Waals surface area (Å²) in [6.45, 7) is 2.00. The summed E-state index contributed by atoms with van der Waals surface area (Å²) >= 11 is 5.86. The van der Waals surface area contributed by atoms with E-state index < -0.39 is 10.8 Å². The molecule has 0 saturated heterocycles. The minimum atomic E-state index is -0.594. The number of hydrogen-bond acceptors (Lipinski definition) is 4. The fourth-order valence-electron chi connectivity index (χ4n) is 2.24. The average molecular weight is 312 g/mol. The molecule has 2 rings (SSSR count). The summed E-state index contributed by atoms with van der Waals surface area (Å²) < 4.78 is 0. The van der Waals surface area contributed by atoms with Crippen molar-refractivity contribution >= 4 is 28.9 Å². The highest BCUT2D eigenvalue weighted by Gasteiger charge is 2.26. The zero-order chi connectivity index (χ0) is 15.6. The van der Waals surface area contributed by atoms with E-state index in [1.807, 2.05) is 6.92 Å². The van der Waals surface area contributed by atoms with Crippen molar-refractivity contribution < 1.29 is 9.72 Å². The maximum Gasteiger partial charge on any atom is 0.271 e. The number of carbonyl (C=O) groups is 1. The molecular weight excluding hydrogens is 294 g/mol. The van der Waals surface area contributed by atoms with Gasteiger partial charge in [0, 0.05) is 18.2 Å². The molecule has 1 aromatic rings. The van der Waals surface area contributed by atoms with Crippen LogP contribution in [0.25, 0.3) is 0 Å². The van der Waals surface area contributed by atoms with Gasteiger partial charge in [0.15, 0.2) is 0 Å². The Balaban J connectivity index is 2.18. The number of nitrogens with two attached hydrogens (primary N) is 1. The van der Waals surface area contributed by atoms with Crippen molar-refractivity contribution in [2.45, 2.75) is 38.6 Å². The topological polar surface area (TPSA) is 98.3 Å². The molecule has 0 spiro atoms. The molecule has 114 valence electrons. The van der Waals surface area contributed by atoms with E-state index in [4.69, 9.17) is 17.3 Å². The Morgan fingerprint density at radius 2 is 2.24 bits per heavy atom. The van der Waals surface area contributed by atoms with Crippen LogP contribution < -0.4 is 11.1 Å². The van der Waals surface area contributed by atoms with Crippen LogP contribution in [0.1, 0.15) is 43.0 Å². The van der Waals surface area contributed by atoms with Crippen LogP contribution in [0.15, 0.2) is 12.1 Å². The lowest BCUT2D eigenvalue weighted by Gasteiger charge is -2.17. The van der Waals surface area contributed by atoms with Crippen LogP contribution >= 0.6 is 11.6 Å². The highest BCUT2D eigenvalue weighted by molar-refractivity contribution is 6.34. The minimum Gasteiger partial charge on any atom is -0.397 e. The summed E-state index contributed by atoms with van der Waals surface area (Å²) in [6, 6.07) is 2.37. The number of nitrogens with one attached hydrogen (secondary N) is 1. The molecule has 0 bridgehead atoms. The predicted octanol–water partition coefficient (Wildman–Crippen LogP) is 3.14. The van der Waals surface area contributed by atoms with Crippen LogP contribution in [0.4, 0.5) is 11.4 Å². The van der Waals surface area contributed by atoms with E-state index >= 15 is 0 Å². The maximum atomic E-state index is 12.3. The Bertz CT molecular complexity index is 573. The molecule has 0 heterocycles. The van der Waals surface area contributed by atoms with Crippen LogP contribution in [0.2, 0.25) is 5.02 Å². The van der Waals surface area contributed by atoms with Crippen LogP contribution in [0.5, 0.6) is 0 Å². The zero-order valence-corrected chi connectivity index (χ0v) is 12.5. The number of anilines is 1. The smallest absolute Gasteiger partial charge is 0.271 e. The van der Waals surface area contributed by atoms with E-state index in [0.717, 1.165) is 18.9 Å². The van der Waals surface area contributed by atoms with Crippen molar-refractivity contribution in [1.82, 2.24) is 5.32 Å². The second-order valence-corrected chi connectivity index (χ2v) is 5.81. The van der Waals surface area contributed by atoms with Gasteiger partial charge in [-0.3, -0.25) is 14.9 Å². The molecule has 1 aliphatic rings. The maximum absolute atomic E-state index is 12.3. The van der Waals surface area contributed by atoms with Gasteiger partial charge in [-0.1, -0.05) is 31.4 Å². The lowest BCUT2D eigenvalue weighted by Crippen LogP contribution is -2.35. The number of halogens is 1. The Morgan fingerprint density at radius 3 is 2.76 bits per heavy atom. The molecule has 6 nitrogen and oxygen atoms in total. The minimum absolute atomic E-state index is 0.0181. The van der Waals surface area contributed by atoms with Crippen molar-refractivity contribution in [3.8, 4) is 0 Å². The third-order valence-electron chi connectivity index (χ3n) is 3.71. The summed E-state index contributed by atoms with van der Waals surface area (Å²) in [5.41, 5.74) is 5.66. The van der Waals surface area contributed by atoms with Gasteiger partial charge in [-0.15, -0.1) is 0 Å².